The van der Waals surface area contributed by atoms with Gasteiger partial charge >= 0.3 is 0 Å². The van der Waals surface area contributed by atoms with Gasteiger partial charge in [-0.15, -0.1) is 0 Å². The van der Waals surface area contributed by atoms with Crippen molar-refractivity contribution in [2.45, 2.75) is 12.8 Å². The van der Waals surface area contributed by atoms with Gasteiger partial charge in [0.05, 0.1) is 6.61 Å². The van der Waals surface area contributed by atoms with Gasteiger partial charge in [0, 0.05) is 11.3 Å². The smallest absolute Gasteiger partial charge is 0.204 e. The maximum absolute atomic E-state index is 10.00. The van der Waals surface area contributed by atoms with Crippen LogP contribution in [0, 0.1) is 10.1 Å². The van der Waals surface area contributed by atoms with Crippen LogP contribution in [-0.4, -0.2) is 18.1 Å². The molecule has 76 valence electrons. The van der Waals surface area contributed by atoms with Crippen LogP contribution >= 0.6 is 0 Å². The summed E-state index contributed by atoms with van der Waals surface area (Å²) < 4.78 is 5.37. The number of hydrogen-bond acceptors (Lipinski definition) is 3. The molecule has 1 aromatic rings. The fourth-order valence-corrected chi connectivity index (χ4v) is 1.05. The highest BCUT2D eigenvalue weighted by atomic mass is 16.6. The average molecular weight is 195 g/mol. The summed E-state index contributed by atoms with van der Waals surface area (Å²) >= 11 is 0. The van der Waals surface area contributed by atoms with Crippen molar-refractivity contribution in [2.24, 2.45) is 0 Å². The van der Waals surface area contributed by atoms with Crippen molar-refractivity contribution in [3.05, 3.63) is 40.4 Å². The summed E-state index contributed by atoms with van der Waals surface area (Å²) in [6.45, 7) is 0.565. The quantitative estimate of drug-likeness (QED) is 0.397. The van der Waals surface area contributed by atoms with Gasteiger partial charge in [-0.05, 0) is 18.6 Å². The molecule has 0 unspecified atom stereocenters. The maximum Gasteiger partial charge on any atom is 0.204 e. The third kappa shape index (κ3) is 4.45. The summed E-state index contributed by atoms with van der Waals surface area (Å²) in [6.07, 6.45) is 1.29. The fourth-order valence-electron chi connectivity index (χ4n) is 1.05. The van der Waals surface area contributed by atoms with Crippen LogP contribution in [0.5, 0.6) is 5.75 Å². The fraction of sp³-hybridized carbons (Fsp3) is 0.400. The number of hydrogen-bond donors (Lipinski definition) is 0. The van der Waals surface area contributed by atoms with E-state index in [2.05, 4.69) is 0 Å². The molecule has 0 N–H and O–H groups in total. The number of nitrogens with zero attached hydrogens (tertiary/aromatic N) is 1. The zero-order chi connectivity index (χ0) is 10.2. The van der Waals surface area contributed by atoms with Crippen molar-refractivity contribution >= 4 is 0 Å². The molecule has 0 heterocycles. The first-order valence-electron chi connectivity index (χ1n) is 4.58. The summed E-state index contributed by atoms with van der Waals surface area (Å²) in [5, 5.41) is 10.00. The van der Waals surface area contributed by atoms with E-state index in [0.29, 0.717) is 13.0 Å². The number of benzene rings is 1. The zero-order valence-electron chi connectivity index (χ0n) is 7.89. The first-order valence-corrected chi connectivity index (χ1v) is 4.58. The van der Waals surface area contributed by atoms with Crippen molar-refractivity contribution < 1.29 is 9.66 Å². The van der Waals surface area contributed by atoms with Gasteiger partial charge in [-0.1, -0.05) is 18.2 Å². The van der Waals surface area contributed by atoms with Gasteiger partial charge in [0.1, 0.15) is 5.75 Å². The van der Waals surface area contributed by atoms with Crippen molar-refractivity contribution in [3.8, 4) is 5.75 Å². The molecule has 0 aliphatic rings. The van der Waals surface area contributed by atoms with Crippen LogP contribution < -0.4 is 4.74 Å². The molecule has 14 heavy (non-hydrogen) atoms. The Kier molecular flexibility index (Phi) is 4.47. The Morgan fingerprint density at radius 1 is 1.21 bits per heavy atom. The number of ether oxygens (including phenoxy) is 1. The van der Waals surface area contributed by atoms with E-state index < -0.39 is 0 Å². The van der Waals surface area contributed by atoms with Gasteiger partial charge in [0.15, 0.2) is 0 Å². The Bertz CT molecular complexity index is 274. The summed E-state index contributed by atoms with van der Waals surface area (Å²) in [6, 6.07) is 9.44. The van der Waals surface area contributed by atoms with Gasteiger partial charge in [0.2, 0.25) is 6.54 Å². The topological polar surface area (TPSA) is 52.4 Å². The number of nitro groups is 1. The van der Waals surface area contributed by atoms with Crippen molar-refractivity contribution in [2.75, 3.05) is 13.2 Å². The highest BCUT2D eigenvalue weighted by molar-refractivity contribution is 5.20. The summed E-state index contributed by atoms with van der Waals surface area (Å²) in [4.78, 5) is 9.69. The monoisotopic (exact) mass is 195 g/mol. The van der Waals surface area contributed by atoms with Crippen LogP contribution in [0.15, 0.2) is 30.3 Å². The molecule has 0 spiro atoms. The minimum absolute atomic E-state index is 0.0259. The molecule has 0 atom stereocenters. The van der Waals surface area contributed by atoms with E-state index in [1.54, 1.807) is 0 Å². The summed E-state index contributed by atoms with van der Waals surface area (Å²) in [5.41, 5.74) is 0. The van der Waals surface area contributed by atoms with Gasteiger partial charge in [-0.25, -0.2) is 0 Å². The van der Waals surface area contributed by atoms with Crippen molar-refractivity contribution in [3.63, 3.8) is 0 Å². The van der Waals surface area contributed by atoms with Gasteiger partial charge in [-0.2, -0.15) is 0 Å². The van der Waals surface area contributed by atoms with Crippen LogP contribution in [0.3, 0.4) is 0 Å². The van der Waals surface area contributed by atoms with Gasteiger partial charge in [-0.3, -0.25) is 10.1 Å². The Hall–Kier alpha value is -1.58. The Morgan fingerprint density at radius 3 is 2.57 bits per heavy atom. The molecule has 0 aromatic heterocycles. The van der Waals surface area contributed by atoms with Crippen LogP contribution in [-0.2, 0) is 0 Å². The molecule has 0 radical (unpaired) electrons. The predicted octanol–water partition coefficient (Wildman–Crippen LogP) is 2.12. The minimum atomic E-state index is -0.303. The van der Waals surface area contributed by atoms with Gasteiger partial charge in [0.25, 0.3) is 0 Å². The first-order chi connectivity index (χ1) is 6.79. The lowest BCUT2D eigenvalue weighted by Gasteiger charge is -2.03. The second kappa shape index (κ2) is 5.96. The lowest BCUT2D eigenvalue weighted by molar-refractivity contribution is -0.480. The summed E-state index contributed by atoms with van der Waals surface area (Å²) in [5.74, 6) is 0.814. The standard InChI is InChI=1S/C10H13NO3/c12-11(13)8-4-5-9-14-10-6-2-1-3-7-10/h1-3,6-7H,4-5,8-9H2. The molecule has 0 fully saturated rings. The molecular formula is C10H13NO3. The molecule has 4 nitrogen and oxygen atoms in total. The molecular weight excluding hydrogens is 182 g/mol. The average Bonchev–Trinajstić information content (AvgIpc) is 2.18. The van der Waals surface area contributed by atoms with E-state index in [9.17, 15) is 10.1 Å². The molecule has 0 bridgehead atoms. The van der Waals surface area contributed by atoms with Crippen molar-refractivity contribution in [1.82, 2.24) is 0 Å². The van der Waals surface area contributed by atoms with Crippen LogP contribution in [0.25, 0.3) is 0 Å². The molecule has 0 saturated carbocycles. The SMILES string of the molecule is O=[N+]([O-])CCCCOc1ccccc1. The highest BCUT2D eigenvalue weighted by Crippen LogP contribution is 2.08. The first kappa shape index (κ1) is 10.5. The molecule has 0 saturated heterocycles. The lowest BCUT2D eigenvalue weighted by Crippen LogP contribution is -2.04. The summed E-state index contributed by atoms with van der Waals surface area (Å²) in [7, 11) is 0. The molecule has 0 aliphatic heterocycles. The predicted molar refractivity (Wildman–Crippen MR) is 53.0 cm³/mol. The molecule has 4 heteroatoms. The van der Waals surface area contributed by atoms with E-state index in [0.717, 1.165) is 12.2 Å². The van der Waals surface area contributed by atoms with Crippen LogP contribution in [0.4, 0.5) is 0 Å². The Labute approximate surface area is 82.7 Å². The number of unbranched alkanes of at least 4 members (excludes halogenated alkanes) is 1. The maximum atomic E-state index is 10.00. The van der Waals surface area contributed by atoms with E-state index in [-0.39, 0.29) is 11.5 Å². The molecule has 0 aliphatic carbocycles. The molecule has 1 aromatic carbocycles. The van der Waals surface area contributed by atoms with E-state index in [1.165, 1.54) is 0 Å². The van der Waals surface area contributed by atoms with E-state index >= 15 is 0 Å². The van der Waals surface area contributed by atoms with E-state index in [4.69, 9.17) is 4.74 Å². The second-order valence-corrected chi connectivity index (χ2v) is 2.92. The highest BCUT2D eigenvalue weighted by Gasteiger charge is 1.97. The Balaban J connectivity index is 2.08. The largest absolute Gasteiger partial charge is 0.494 e. The Morgan fingerprint density at radius 2 is 1.93 bits per heavy atom. The zero-order valence-corrected chi connectivity index (χ0v) is 7.89. The van der Waals surface area contributed by atoms with Gasteiger partial charge < -0.3 is 4.74 Å². The lowest BCUT2D eigenvalue weighted by atomic mass is 10.3. The normalized spacial score (nSPS) is 9.71. The molecule has 1 rings (SSSR count). The minimum Gasteiger partial charge on any atom is -0.494 e. The van der Waals surface area contributed by atoms with Crippen LogP contribution in [0.1, 0.15) is 12.8 Å². The van der Waals surface area contributed by atoms with E-state index in [1.807, 2.05) is 30.3 Å². The molecule has 0 amide bonds. The van der Waals surface area contributed by atoms with Crippen molar-refractivity contribution in [1.29, 1.82) is 0 Å². The third-order valence-corrected chi connectivity index (χ3v) is 1.75. The number of para-hydroxylation sites is 1. The second-order valence-electron chi connectivity index (χ2n) is 2.92. The third-order valence-electron chi connectivity index (χ3n) is 1.75. The number of rotatable bonds is 6. The van der Waals surface area contributed by atoms with Crippen LogP contribution in [0.2, 0.25) is 0 Å².